The first-order valence-electron chi connectivity index (χ1n) is 9.94. The van der Waals surface area contributed by atoms with E-state index in [1.54, 1.807) is 4.90 Å². The zero-order valence-electron chi connectivity index (χ0n) is 17.6. The first kappa shape index (κ1) is 25.6. The molecule has 1 aromatic heterocycles. The minimum absolute atomic E-state index is 0.167. The molecule has 33 heavy (non-hydrogen) atoms. The Morgan fingerprint density at radius 1 is 0.970 bits per heavy atom. The van der Waals surface area contributed by atoms with Gasteiger partial charge < -0.3 is 4.90 Å². The maximum Gasteiger partial charge on any atom is 0.417 e. The molecule has 0 aliphatic carbocycles. The predicted molar refractivity (Wildman–Crippen MR) is 112 cm³/mol. The van der Waals surface area contributed by atoms with Gasteiger partial charge in [-0.2, -0.15) is 26.3 Å². The van der Waals surface area contributed by atoms with Gasteiger partial charge in [0.25, 0.3) is 0 Å². The van der Waals surface area contributed by atoms with Crippen LogP contribution in [-0.2, 0) is 22.2 Å². The van der Waals surface area contributed by atoms with Crippen molar-refractivity contribution in [2.45, 2.75) is 48.7 Å². The molecule has 2 aromatic rings. The second kappa shape index (κ2) is 8.65. The number of rotatable bonds is 4. The molecule has 2 heterocycles. The fourth-order valence-corrected chi connectivity index (χ4v) is 6.08. The topological polar surface area (TPSA) is 50.3 Å². The van der Waals surface area contributed by atoms with Crippen molar-refractivity contribution in [2.75, 3.05) is 18.0 Å². The highest BCUT2D eigenvalue weighted by Gasteiger charge is 2.45. The van der Waals surface area contributed by atoms with Gasteiger partial charge in [-0.3, -0.25) is 0 Å². The summed E-state index contributed by atoms with van der Waals surface area (Å²) in [5.74, 6) is -0.233. The number of nitrogens with zero attached hydrogens (tertiary/aromatic N) is 2. The predicted octanol–water partition coefficient (Wildman–Crippen LogP) is 6.24. The third kappa shape index (κ3) is 5.08. The van der Waals surface area contributed by atoms with Gasteiger partial charge in [0, 0.05) is 19.3 Å². The van der Waals surface area contributed by atoms with Crippen molar-refractivity contribution in [2.24, 2.45) is 5.92 Å². The van der Waals surface area contributed by atoms with Gasteiger partial charge in [-0.1, -0.05) is 17.7 Å². The standard InChI is InChI=1S/C21H21ClF6N2O2S/c1-19(2,33(31,32)16-5-3-4-14(10-16)20(23,24)25)13-6-8-30(9-7-13)18-17(22)11-15(12-29-18)21(26,27)28/h3-5,10-13H,6-9H2,1-2H3. The Balaban J connectivity index is 1.79. The van der Waals surface area contributed by atoms with Crippen LogP contribution in [0.5, 0.6) is 0 Å². The van der Waals surface area contributed by atoms with Gasteiger partial charge in [-0.05, 0) is 56.9 Å². The second-order valence-electron chi connectivity index (χ2n) is 8.42. The number of pyridine rings is 1. The molecule has 0 atom stereocenters. The Bertz CT molecular complexity index is 1120. The average Bonchev–Trinajstić information content (AvgIpc) is 2.72. The van der Waals surface area contributed by atoms with Gasteiger partial charge in [-0.15, -0.1) is 0 Å². The summed E-state index contributed by atoms with van der Waals surface area (Å²) >= 11 is 6.01. The smallest absolute Gasteiger partial charge is 0.355 e. The molecule has 0 amide bonds. The van der Waals surface area contributed by atoms with Crippen LogP contribution in [0.15, 0.2) is 41.4 Å². The summed E-state index contributed by atoms with van der Waals surface area (Å²) in [5.41, 5.74) is -2.02. The number of anilines is 1. The van der Waals surface area contributed by atoms with E-state index in [0.717, 1.165) is 24.3 Å². The summed E-state index contributed by atoms with van der Waals surface area (Å²) in [4.78, 5) is 5.10. The van der Waals surface area contributed by atoms with Crippen LogP contribution in [0, 0.1) is 5.92 Å². The highest BCUT2D eigenvalue weighted by Crippen LogP contribution is 2.41. The molecule has 4 nitrogen and oxygen atoms in total. The van der Waals surface area contributed by atoms with Gasteiger partial charge in [0.1, 0.15) is 5.82 Å². The number of sulfone groups is 1. The van der Waals surface area contributed by atoms with Crippen molar-refractivity contribution in [3.63, 3.8) is 0 Å². The number of benzene rings is 1. The molecule has 1 aliphatic rings. The lowest BCUT2D eigenvalue weighted by atomic mass is 9.86. The third-order valence-electron chi connectivity index (χ3n) is 6.09. The zero-order chi connectivity index (χ0) is 24.8. The first-order chi connectivity index (χ1) is 15.0. The molecule has 12 heteroatoms. The summed E-state index contributed by atoms with van der Waals surface area (Å²) in [5, 5.41) is -0.167. The van der Waals surface area contributed by atoms with E-state index in [4.69, 9.17) is 11.6 Å². The van der Waals surface area contributed by atoms with E-state index in [2.05, 4.69) is 4.98 Å². The van der Waals surface area contributed by atoms with Crippen LogP contribution in [-0.4, -0.2) is 31.2 Å². The molecule has 1 aliphatic heterocycles. The zero-order valence-corrected chi connectivity index (χ0v) is 19.2. The maximum atomic E-state index is 13.2. The molecule has 0 bridgehead atoms. The van der Waals surface area contributed by atoms with E-state index < -0.39 is 48.9 Å². The summed E-state index contributed by atoms with van der Waals surface area (Å²) in [6.07, 6.45) is -7.89. The summed E-state index contributed by atoms with van der Waals surface area (Å²) in [7, 11) is -4.12. The molecule has 0 spiro atoms. The van der Waals surface area contributed by atoms with E-state index in [1.165, 1.54) is 13.8 Å². The van der Waals surface area contributed by atoms with Crippen molar-refractivity contribution >= 4 is 27.3 Å². The Hall–Kier alpha value is -2.01. The lowest BCUT2D eigenvalue weighted by Crippen LogP contribution is -2.46. The van der Waals surface area contributed by atoms with Crippen LogP contribution in [0.2, 0.25) is 5.02 Å². The quantitative estimate of drug-likeness (QED) is 0.453. The van der Waals surface area contributed by atoms with Crippen LogP contribution in [0.25, 0.3) is 0 Å². The molecular formula is C21H21ClF6N2O2S. The summed E-state index contributed by atoms with van der Waals surface area (Å²) in [6, 6.07) is 4.45. The Morgan fingerprint density at radius 3 is 2.06 bits per heavy atom. The van der Waals surface area contributed by atoms with Crippen molar-refractivity contribution < 1.29 is 34.8 Å². The number of hydrogen-bond acceptors (Lipinski definition) is 4. The molecule has 182 valence electrons. The van der Waals surface area contributed by atoms with Gasteiger partial charge in [0.05, 0.1) is 25.8 Å². The van der Waals surface area contributed by atoms with Crippen LogP contribution in [0.3, 0.4) is 0 Å². The molecule has 0 saturated carbocycles. The normalized spacial score (nSPS) is 16.8. The minimum Gasteiger partial charge on any atom is -0.355 e. The van der Waals surface area contributed by atoms with Crippen molar-refractivity contribution in [1.29, 1.82) is 0 Å². The van der Waals surface area contributed by atoms with E-state index in [0.29, 0.717) is 25.1 Å². The maximum absolute atomic E-state index is 13.2. The van der Waals surface area contributed by atoms with Gasteiger partial charge in [0.2, 0.25) is 0 Å². The molecule has 1 aromatic carbocycles. The number of halogens is 7. The molecule has 0 radical (unpaired) electrons. The van der Waals surface area contributed by atoms with Gasteiger partial charge in [0.15, 0.2) is 9.84 Å². The Labute approximate surface area is 192 Å². The van der Waals surface area contributed by atoms with E-state index in [1.807, 2.05) is 0 Å². The SMILES string of the molecule is CC(C)(C1CCN(c2ncc(C(F)(F)F)cc2Cl)CC1)S(=O)(=O)c1cccc(C(F)(F)F)c1. The van der Waals surface area contributed by atoms with Crippen molar-refractivity contribution in [1.82, 2.24) is 4.98 Å². The first-order valence-corrected chi connectivity index (χ1v) is 11.8. The summed E-state index contributed by atoms with van der Waals surface area (Å²) < 4.78 is 103. The van der Waals surface area contributed by atoms with E-state index >= 15 is 0 Å². The highest BCUT2D eigenvalue weighted by atomic mass is 35.5. The molecular weight excluding hydrogens is 494 g/mol. The lowest BCUT2D eigenvalue weighted by Gasteiger charge is -2.40. The van der Waals surface area contributed by atoms with Crippen LogP contribution in [0.4, 0.5) is 32.2 Å². The summed E-state index contributed by atoms with van der Waals surface area (Å²) in [6.45, 7) is 3.52. The Kier molecular flexibility index (Phi) is 6.71. The number of hydrogen-bond donors (Lipinski definition) is 0. The highest BCUT2D eigenvalue weighted by molar-refractivity contribution is 7.92. The van der Waals surface area contributed by atoms with Crippen molar-refractivity contribution in [3.8, 4) is 0 Å². The van der Waals surface area contributed by atoms with Gasteiger partial charge in [-0.25, -0.2) is 13.4 Å². The van der Waals surface area contributed by atoms with Crippen molar-refractivity contribution in [3.05, 3.63) is 52.7 Å². The van der Waals surface area contributed by atoms with E-state index in [-0.39, 0.29) is 23.9 Å². The van der Waals surface area contributed by atoms with Crippen LogP contribution in [0.1, 0.15) is 37.8 Å². The lowest BCUT2D eigenvalue weighted by molar-refractivity contribution is -0.138. The van der Waals surface area contributed by atoms with E-state index in [9.17, 15) is 34.8 Å². The third-order valence-corrected chi connectivity index (χ3v) is 8.96. The fourth-order valence-electron chi connectivity index (χ4n) is 3.97. The van der Waals surface area contributed by atoms with Gasteiger partial charge >= 0.3 is 12.4 Å². The monoisotopic (exact) mass is 514 g/mol. The molecule has 1 fully saturated rings. The number of alkyl halides is 6. The fraction of sp³-hybridized carbons (Fsp3) is 0.476. The molecule has 3 rings (SSSR count). The Morgan fingerprint density at radius 2 is 1.55 bits per heavy atom. The average molecular weight is 515 g/mol. The molecule has 0 N–H and O–H groups in total. The van der Waals surface area contributed by atoms with Crippen LogP contribution >= 0.6 is 11.6 Å². The second-order valence-corrected chi connectivity index (χ2v) is 11.4. The largest absolute Gasteiger partial charge is 0.417 e. The number of aromatic nitrogens is 1. The molecule has 0 unspecified atom stereocenters. The van der Waals surface area contributed by atoms with Crippen LogP contribution < -0.4 is 4.90 Å². The number of piperidine rings is 1. The molecule has 1 saturated heterocycles. The minimum atomic E-state index is -4.67.